The van der Waals surface area contributed by atoms with E-state index < -0.39 is 0 Å². The van der Waals surface area contributed by atoms with Crippen LogP contribution in [0, 0.1) is 0 Å². The molecule has 1 heterocycles. The standard InChI is InChI=1S/C16H13NS/c18-16-8-4-7-14-9-10-17(12-15(14)16)11-13-5-2-1-3-6-13/h1-10,12H,11H2/p+1. The van der Waals surface area contributed by atoms with Gasteiger partial charge in [-0.3, -0.25) is 0 Å². The molecular weight excluding hydrogens is 238 g/mol. The highest BCUT2D eigenvalue weighted by Crippen LogP contribution is 2.19. The summed E-state index contributed by atoms with van der Waals surface area (Å²) < 4.78 is 2.19. The van der Waals surface area contributed by atoms with Crippen molar-refractivity contribution in [2.45, 2.75) is 11.4 Å². The molecule has 0 radical (unpaired) electrons. The van der Waals surface area contributed by atoms with Crippen LogP contribution < -0.4 is 4.57 Å². The zero-order valence-corrected chi connectivity index (χ0v) is 10.8. The van der Waals surface area contributed by atoms with Crippen molar-refractivity contribution in [1.29, 1.82) is 0 Å². The molecule has 0 N–H and O–H groups in total. The lowest BCUT2D eigenvalue weighted by Crippen LogP contribution is -2.33. The Morgan fingerprint density at radius 1 is 0.889 bits per heavy atom. The third-order valence-corrected chi connectivity index (χ3v) is 3.46. The molecule has 3 rings (SSSR count). The molecule has 0 saturated carbocycles. The molecule has 0 unspecified atom stereocenters. The lowest BCUT2D eigenvalue weighted by Gasteiger charge is -2.01. The van der Waals surface area contributed by atoms with E-state index in [1.807, 2.05) is 18.2 Å². The van der Waals surface area contributed by atoms with Gasteiger partial charge in [0.1, 0.15) is 0 Å². The fraction of sp³-hybridized carbons (Fsp3) is 0.0625. The minimum absolute atomic E-state index is 0.888. The molecule has 0 aliphatic heterocycles. The van der Waals surface area contributed by atoms with Crippen LogP contribution in [-0.4, -0.2) is 0 Å². The van der Waals surface area contributed by atoms with Gasteiger partial charge in [0.15, 0.2) is 18.9 Å². The predicted octanol–water partition coefficient (Wildman–Crippen LogP) is 3.46. The molecule has 0 spiro atoms. The number of pyridine rings is 1. The summed E-state index contributed by atoms with van der Waals surface area (Å²) in [5, 5.41) is 2.42. The van der Waals surface area contributed by atoms with Crippen molar-refractivity contribution < 1.29 is 4.57 Å². The van der Waals surface area contributed by atoms with Gasteiger partial charge in [-0.2, -0.15) is 0 Å². The molecule has 2 heteroatoms. The molecule has 18 heavy (non-hydrogen) atoms. The maximum atomic E-state index is 4.51. The third-order valence-electron chi connectivity index (χ3n) is 3.07. The molecule has 0 aliphatic rings. The molecule has 0 fully saturated rings. The van der Waals surface area contributed by atoms with Gasteiger partial charge in [-0.25, -0.2) is 4.57 Å². The van der Waals surface area contributed by atoms with Gasteiger partial charge in [0.2, 0.25) is 0 Å². The smallest absolute Gasteiger partial charge is 0.178 e. The maximum absolute atomic E-state index is 4.51. The summed E-state index contributed by atoms with van der Waals surface area (Å²) in [4.78, 5) is 1.02. The summed E-state index contributed by atoms with van der Waals surface area (Å²) in [5.41, 5.74) is 1.30. The van der Waals surface area contributed by atoms with Crippen molar-refractivity contribution >= 4 is 23.4 Å². The van der Waals surface area contributed by atoms with Crippen LogP contribution in [-0.2, 0) is 6.54 Å². The zero-order chi connectivity index (χ0) is 12.4. The Hall–Kier alpha value is -1.80. The van der Waals surface area contributed by atoms with E-state index in [9.17, 15) is 0 Å². The van der Waals surface area contributed by atoms with Crippen LogP contribution in [0.3, 0.4) is 0 Å². The van der Waals surface area contributed by atoms with E-state index in [0.717, 1.165) is 11.4 Å². The summed E-state index contributed by atoms with van der Waals surface area (Å²) in [6.07, 6.45) is 4.27. The summed E-state index contributed by atoms with van der Waals surface area (Å²) >= 11 is 4.51. The molecule has 88 valence electrons. The van der Waals surface area contributed by atoms with Crippen LogP contribution in [0.5, 0.6) is 0 Å². The number of rotatable bonds is 2. The number of thiol groups is 1. The molecule has 0 amide bonds. The summed E-state index contributed by atoms with van der Waals surface area (Å²) in [7, 11) is 0. The highest BCUT2D eigenvalue weighted by molar-refractivity contribution is 7.80. The van der Waals surface area contributed by atoms with Gasteiger partial charge in [0.25, 0.3) is 0 Å². The van der Waals surface area contributed by atoms with Crippen LogP contribution in [0.25, 0.3) is 10.8 Å². The molecule has 0 bridgehead atoms. The van der Waals surface area contributed by atoms with E-state index in [-0.39, 0.29) is 0 Å². The number of aromatic nitrogens is 1. The topological polar surface area (TPSA) is 3.88 Å². The first-order valence-electron chi connectivity index (χ1n) is 5.98. The van der Waals surface area contributed by atoms with E-state index in [0.29, 0.717) is 0 Å². The molecule has 1 aromatic heterocycles. The highest BCUT2D eigenvalue weighted by Gasteiger charge is 2.06. The Morgan fingerprint density at radius 3 is 2.56 bits per heavy atom. The summed E-state index contributed by atoms with van der Waals surface area (Å²) in [5.74, 6) is 0. The van der Waals surface area contributed by atoms with Gasteiger partial charge in [-0.15, -0.1) is 12.6 Å². The average Bonchev–Trinajstić information content (AvgIpc) is 2.41. The quantitative estimate of drug-likeness (QED) is 0.526. The number of nitrogens with zero attached hydrogens (tertiary/aromatic N) is 1. The number of benzene rings is 2. The normalized spacial score (nSPS) is 10.7. The van der Waals surface area contributed by atoms with Crippen molar-refractivity contribution in [2.24, 2.45) is 0 Å². The van der Waals surface area contributed by atoms with Crippen LogP contribution in [0.4, 0.5) is 0 Å². The largest absolute Gasteiger partial charge is 0.200 e. The monoisotopic (exact) mass is 252 g/mol. The lowest BCUT2D eigenvalue weighted by atomic mass is 10.1. The average molecular weight is 252 g/mol. The Labute approximate surface area is 112 Å². The molecule has 0 aliphatic carbocycles. The maximum Gasteiger partial charge on any atom is 0.178 e. The van der Waals surface area contributed by atoms with E-state index in [1.165, 1.54) is 16.3 Å². The molecule has 0 atom stereocenters. The van der Waals surface area contributed by atoms with Crippen molar-refractivity contribution in [3.05, 3.63) is 72.6 Å². The second kappa shape index (κ2) is 4.83. The highest BCUT2D eigenvalue weighted by atomic mass is 32.1. The Balaban J connectivity index is 2.01. The van der Waals surface area contributed by atoms with Gasteiger partial charge < -0.3 is 0 Å². The van der Waals surface area contributed by atoms with Crippen molar-refractivity contribution in [3.63, 3.8) is 0 Å². The fourth-order valence-electron chi connectivity index (χ4n) is 2.13. The number of hydrogen-bond donors (Lipinski definition) is 1. The van der Waals surface area contributed by atoms with E-state index in [2.05, 4.69) is 66.0 Å². The van der Waals surface area contributed by atoms with Gasteiger partial charge in [0, 0.05) is 16.5 Å². The second-order valence-corrected chi connectivity index (χ2v) is 4.86. The lowest BCUT2D eigenvalue weighted by molar-refractivity contribution is -0.687. The number of fused-ring (bicyclic) bond motifs is 1. The molecule has 2 aromatic carbocycles. The van der Waals surface area contributed by atoms with E-state index >= 15 is 0 Å². The number of hydrogen-bond acceptors (Lipinski definition) is 1. The molecule has 0 saturated heterocycles. The zero-order valence-electron chi connectivity index (χ0n) is 9.95. The van der Waals surface area contributed by atoms with E-state index in [4.69, 9.17) is 0 Å². The third kappa shape index (κ3) is 2.24. The molecular formula is C16H14NS+. The minimum atomic E-state index is 0.888. The second-order valence-electron chi connectivity index (χ2n) is 4.38. The van der Waals surface area contributed by atoms with Crippen molar-refractivity contribution in [1.82, 2.24) is 0 Å². The Kier molecular flexibility index (Phi) is 3.03. The van der Waals surface area contributed by atoms with Crippen molar-refractivity contribution in [2.75, 3.05) is 0 Å². The van der Waals surface area contributed by atoms with E-state index in [1.54, 1.807) is 0 Å². The summed E-state index contributed by atoms with van der Waals surface area (Å²) in [6.45, 7) is 0.888. The van der Waals surface area contributed by atoms with Crippen LogP contribution in [0.1, 0.15) is 5.56 Å². The van der Waals surface area contributed by atoms with Crippen LogP contribution in [0.2, 0.25) is 0 Å². The van der Waals surface area contributed by atoms with Gasteiger partial charge in [0.05, 0.1) is 5.39 Å². The van der Waals surface area contributed by atoms with Crippen LogP contribution >= 0.6 is 12.6 Å². The first-order chi connectivity index (χ1) is 8.83. The summed E-state index contributed by atoms with van der Waals surface area (Å²) in [6, 6.07) is 18.8. The molecule has 1 nitrogen and oxygen atoms in total. The Morgan fingerprint density at radius 2 is 1.72 bits per heavy atom. The minimum Gasteiger partial charge on any atom is -0.200 e. The van der Waals surface area contributed by atoms with Gasteiger partial charge in [-0.05, 0) is 11.5 Å². The van der Waals surface area contributed by atoms with Crippen molar-refractivity contribution in [3.8, 4) is 0 Å². The first kappa shape index (κ1) is 11.3. The first-order valence-corrected chi connectivity index (χ1v) is 6.42. The van der Waals surface area contributed by atoms with Crippen LogP contribution in [0.15, 0.2) is 71.9 Å². The van der Waals surface area contributed by atoms with Gasteiger partial charge in [-0.1, -0.05) is 42.5 Å². The Bertz CT molecular complexity index is 677. The van der Waals surface area contributed by atoms with Gasteiger partial charge >= 0.3 is 0 Å². The SMILES string of the molecule is Sc1cccc2cc[n+](Cc3ccccc3)cc12. The fourth-order valence-corrected chi connectivity index (χ4v) is 2.41. The molecule has 3 aromatic rings. The predicted molar refractivity (Wildman–Crippen MR) is 76.9 cm³/mol.